The van der Waals surface area contributed by atoms with Gasteiger partial charge in [0.2, 0.25) is 0 Å². The van der Waals surface area contributed by atoms with E-state index < -0.39 is 0 Å². The molecule has 0 aliphatic rings. The van der Waals surface area contributed by atoms with Crippen molar-refractivity contribution < 1.29 is 5.11 Å². The Labute approximate surface area is 101 Å². The van der Waals surface area contributed by atoms with Crippen LogP contribution in [0, 0.1) is 6.92 Å². The molecule has 0 amide bonds. The molecule has 1 heterocycles. The Bertz CT molecular complexity index is 505. The summed E-state index contributed by atoms with van der Waals surface area (Å²) in [6.07, 6.45) is 0.964. The second-order valence-corrected chi connectivity index (χ2v) is 4.26. The van der Waals surface area contributed by atoms with E-state index in [4.69, 9.17) is 5.11 Å². The van der Waals surface area contributed by atoms with Crippen LogP contribution in [0.3, 0.4) is 0 Å². The van der Waals surface area contributed by atoms with Crippen molar-refractivity contribution >= 4 is 11.0 Å². The summed E-state index contributed by atoms with van der Waals surface area (Å²) in [7, 11) is 2.03. The van der Waals surface area contributed by atoms with Gasteiger partial charge in [-0.2, -0.15) is 0 Å². The molecule has 0 saturated carbocycles. The molecule has 2 aromatic rings. The van der Waals surface area contributed by atoms with Crippen molar-refractivity contribution in [2.24, 2.45) is 7.05 Å². The summed E-state index contributed by atoms with van der Waals surface area (Å²) in [5.41, 5.74) is 3.51. The first-order chi connectivity index (χ1) is 8.22. The van der Waals surface area contributed by atoms with Crippen LogP contribution in [0.25, 0.3) is 11.0 Å². The number of nitrogens with zero attached hydrogens (tertiary/aromatic N) is 2. The number of nitrogens with one attached hydrogen (secondary N) is 1. The third kappa shape index (κ3) is 2.65. The van der Waals surface area contributed by atoms with E-state index in [-0.39, 0.29) is 6.61 Å². The Balaban J connectivity index is 2.09. The Morgan fingerprint density at radius 1 is 1.35 bits per heavy atom. The molecule has 0 radical (unpaired) electrons. The van der Waals surface area contributed by atoms with Crippen molar-refractivity contribution in [3.8, 4) is 0 Å². The van der Waals surface area contributed by atoms with Gasteiger partial charge in [0.25, 0.3) is 0 Å². The number of aromatic nitrogens is 2. The predicted octanol–water partition coefficient (Wildman–Crippen LogP) is 1.01. The number of hydrogen-bond acceptors (Lipinski definition) is 3. The molecular weight excluding hydrogens is 214 g/mol. The van der Waals surface area contributed by atoms with Crippen molar-refractivity contribution in [1.29, 1.82) is 0 Å². The van der Waals surface area contributed by atoms with Crippen molar-refractivity contribution in [1.82, 2.24) is 14.9 Å². The van der Waals surface area contributed by atoms with Crippen LogP contribution in [0.1, 0.15) is 11.4 Å². The Kier molecular flexibility index (Phi) is 3.76. The molecule has 17 heavy (non-hydrogen) atoms. The minimum absolute atomic E-state index is 0.193. The average molecular weight is 233 g/mol. The van der Waals surface area contributed by atoms with Crippen LogP contribution in [0.4, 0.5) is 0 Å². The molecule has 0 spiro atoms. The van der Waals surface area contributed by atoms with E-state index in [0.29, 0.717) is 6.54 Å². The number of fused-ring (bicyclic) bond motifs is 1. The topological polar surface area (TPSA) is 50.1 Å². The SMILES string of the molecule is Cc1nc2cc(CCNCCO)ccc2n1C. The van der Waals surface area contributed by atoms with Crippen molar-refractivity contribution in [3.05, 3.63) is 29.6 Å². The van der Waals surface area contributed by atoms with Crippen LogP contribution in [-0.4, -0.2) is 34.4 Å². The molecule has 4 nitrogen and oxygen atoms in total. The number of aryl methyl sites for hydroxylation is 2. The summed E-state index contributed by atoms with van der Waals surface area (Å²) in [4.78, 5) is 4.52. The van der Waals surface area contributed by atoms with E-state index in [1.165, 1.54) is 11.1 Å². The maximum atomic E-state index is 8.66. The first-order valence-corrected chi connectivity index (χ1v) is 5.96. The molecule has 0 bridgehead atoms. The van der Waals surface area contributed by atoms with Gasteiger partial charge in [-0.3, -0.25) is 0 Å². The molecule has 0 atom stereocenters. The highest BCUT2D eigenvalue weighted by Gasteiger charge is 2.04. The minimum atomic E-state index is 0.193. The zero-order valence-electron chi connectivity index (χ0n) is 10.4. The van der Waals surface area contributed by atoms with E-state index in [1.54, 1.807) is 0 Å². The van der Waals surface area contributed by atoms with Gasteiger partial charge in [0.15, 0.2) is 0 Å². The monoisotopic (exact) mass is 233 g/mol. The first kappa shape index (κ1) is 12.1. The second-order valence-electron chi connectivity index (χ2n) is 4.26. The third-order valence-electron chi connectivity index (χ3n) is 3.05. The average Bonchev–Trinajstić information content (AvgIpc) is 2.61. The highest BCUT2D eigenvalue weighted by atomic mass is 16.3. The molecule has 4 heteroatoms. The van der Waals surface area contributed by atoms with Crippen molar-refractivity contribution in [2.45, 2.75) is 13.3 Å². The molecule has 2 N–H and O–H groups in total. The summed E-state index contributed by atoms with van der Waals surface area (Å²) < 4.78 is 2.10. The number of rotatable bonds is 5. The number of imidazole rings is 1. The number of hydrogen-bond donors (Lipinski definition) is 2. The molecule has 2 rings (SSSR count). The summed E-state index contributed by atoms with van der Waals surface area (Å²) >= 11 is 0. The molecule has 0 unspecified atom stereocenters. The summed E-state index contributed by atoms with van der Waals surface area (Å²) in [6.45, 7) is 3.75. The lowest BCUT2D eigenvalue weighted by Gasteiger charge is -2.03. The lowest BCUT2D eigenvalue weighted by molar-refractivity contribution is 0.293. The zero-order valence-corrected chi connectivity index (χ0v) is 10.4. The van der Waals surface area contributed by atoms with Crippen molar-refractivity contribution in [2.75, 3.05) is 19.7 Å². The predicted molar refractivity (Wildman–Crippen MR) is 69.1 cm³/mol. The van der Waals surface area contributed by atoms with Gasteiger partial charge < -0.3 is 15.0 Å². The Hall–Kier alpha value is -1.39. The summed E-state index contributed by atoms with van der Waals surface area (Å²) in [5, 5.41) is 11.8. The maximum absolute atomic E-state index is 8.66. The number of aliphatic hydroxyl groups excluding tert-OH is 1. The number of aliphatic hydroxyl groups is 1. The number of benzene rings is 1. The smallest absolute Gasteiger partial charge is 0.106 e. The zero-order chi connectivity index (χ0) is 12.3. The lowest BCUT2D eigenvalue weighted by Crippen LogP contribution is -2.20. The fourth-order valence-electron chi connectivity index (χ4n) is 1.96. The van der Waals surface area contributed by atoms with Gasteiger partial charge in [-0.1, -0.05) is 6.07 Å². The standard InChI is InChI=1S/C13H19N3O/c1-10-15-12-9-11(5-6-14-7-8-17)3-4-13(12)16(10)2/h3-4,9,14,17H,5-8H2,1-2H3. The van der Waals surface area contributed by atoms with Crippen LogP contribution < -0.4 is 5.32 Å². The van der Waals surface area contributed by atoms with Crippen LogP contribution in [-0.2, 0) is 13.5 Å². The molecule has 0 saturated heterocycles. The van der Waals surface area contributed by atoms with Gasteiger partial charge in [-0.05, 0) is 37.6 Å². The molecule has 0 aliphatic heterocycles. The van der Waals surface area contributed by atoms with Gasteiger partial charge in [-0.25, -0.2) is 4.98 Å². The molecule has 1 aromatic carbocycles. The van der Waals surface area contributed by atoms with Gasteiger partial charge in [0, 0.05) is 13.6 Å². The normalized spacial score (nSPS) is 11.2. The van der Waals surface area contributed by atoms with Gasteiger partial charge >= 0.3 is 0 Å². The second kappa shape index (κ2) is 5.29. The fourth-order valence-corrected chi connectivity index (χ4v) is 1.96. The van der Waals surface area contributed by atoms with E-state index in [1.807, 2.05) is 14.0 Å². The minimum Gasteiger partial charge on any atom is -0.395 e. The molecule has 92 valence electrons. The van der Waals surface area contributed by atoms with Crippen LogP contribution in [0.2, 0.25) is 0 Å². The van der Waals surface area contributed by atoms with Crippen LogP contribution in [0.5, 0.6) is 0 Å². The summed E-state index contributed by atoms with van der Waals surface area (Å²) in [6, 6.07) is 6.41. The van der Waals surface area contributed by atoms with E-state index in [2.05, 4.69) is 33.1 Å². The largest absolute Gasteiger partial charge is 0.395 e. The van der Waals surface area contributed by atoms with Gasteiger partial charge in [0.1, 0.15) is 5.82 Å². The lowest BCUT2D eigenvalue weighted by atomic mass is 10.1. The van der Waals surface area contributed by atoms with Crippen LogP contribution in [0.15, 0.2) is 18.2 Å². The highest BCUT2D eigenvalue weighted by Crippen LogP contribution is 2.16. The molecule has 0 fully saturated rings. The third-order valence-corrected chi connectivity index (χ3v) is 3.05. The van der Waals surface area contributed by atoms with Crippen LogP contribution >= 0.6 is 0 Å². The van der Waals surface area contributed by atoms with Gasteiger partial charge in [-0.15, -0.1) is 0 Å². The van der Waals surface area contributed by atoms with Crippen molar-refractivity contribution in [3.63, 3.8) is 0 Å². The highest BCUT2D eigenvalue weighted by molar-refractivity contribution is 5.76. The van der Waals surface area contributed by atoms with E-state index in [9.17, 15) is 0 Å². The summed E-state index contributed by atoms with van der Waals surface area (Å²) in [5.74, 6) is 1.04. The molecule has 1 aromatic heterocycles. The molecular formula is C13H19N3O. The molecule has 0 aliphatic carbocycles. The Morgan fingerprint density at radius 2 is 2.18 bits per heavy atom. The van der Waals surface area contributed by atoms with E-state index >= 15 is 0 Å². The van der Waals surface area contributed by atoms with E-state index in [0.717, 1.165) is 24.3 Å². The first-order valence-electron chi connectivity index (χ1n) is 5.96. The quantitative estimate of drug-likeness (QED) is 0.758. The Morgan fingerprint density at radius 3 is 2.94 bits per heavy atom. The fraction of sp³-hybridized carbons (Fsp3) is 0.462. The van der Waals surface area contributed by atoms with Gasteiger partial charge in [0.05, 0.1) is 17.6 Å². The maximum Gasteiger partial charge on any atom is 0.106 e.